The Morgan fingerprint density at radius 1 is 1.36 bits per heavy atom. The van der Waals surface area contributed by atoms with Crippen LogP contribution in [0.5, 0.6) is 0 Å². The zero-order valence-corrected chi connectivity index (χ0v) is 6.96. The number of esters is 1. The highest BCUT2D eigenvalue weighted by Crippen LogP contribution is 1.99. The molecule has 0 unspecified atom stereocenters. The van der Waals surface area contributed by atoms with Gasteiger partial charge in [-0.2, -0.15) is 0 Å². The van der Waals surface area contributed by atoms with Gasteiger partial charge in [-0.3, -0.25) is 4.79 Å². The Bertz CT molecular complexity index is 165. The van der Waals surface area contributed by atoms with Crippen LogP contribution in [0.4, 0.5) is 0 Å². The minimum atomic E-state index is -0.869. The van der Waals surface area contributed by atoms with Crippen molar-refractivity contribution in [3.05, 3.63) is 0 Å². The summed E-state index contributed by atoms with van der Waals surface area (Å²) in [5, 5.41) is 0. The van der Waals surface area contributed by atoms with Crippen molar-refractivity contribution >= 4 is 11.8 Å². The van der Waals surface area contributed by atoms with E-state index >= 15 is 0 Å². The number of hydrogen-bond donors (Lipinski definition) is 1. The van der Waals surface area contributed by atoms with Gasteiger partial charge >= 0.3 is 5.97 Å². The Hall–Kier alpha value is -0.900. The van der Waals surface area contributed by atoms with Crippen molar-refractivity contribution in [2.45, 2.75) is 19.9 Å². The third-order valence-corrected chi connectivity index (χ3v) is 1.41. The zero-order valence-electron chi connectivity index (χ0n) is 6.96. The van der Waals surface area contributed by atoms with Crippen LogP contribution in [0, 0.1) is 5.92 Å². The average molecular weight is 159 g/mol. The molecule has 0 saturated heterocycles. The minimum Gasteiger partial charge on any atom is -0.463 e. The Morgan fingerprint density at radius 3 is 2.09 bits per heavy atom. The van der Waals surface area contributed by atoms with Gasteiger partial charge in [0.05, 0.1) is 13.2 Å². The molecule has 4 heteroatoms. The molecule has 0 amide bonds. The summed E-state index contributed by atoms with van der Waals surface area (Å²) >= 11 is 0. The summed E-state index contributed by atoms with van der Waals surface area (Å²) in [6.07, 6.45) is 0. The van der Waals surface area contributed by atoms with E-state index in [1.165, 1.54) is 0 Å². The van der Waals surface area contributed by atoms with Crippen molar-refractivity contribution in [1.82, 2.24) is 0 Å². The Kier molecular flexibility index (Phi) is 3.74. The summed E-state index contributed by atoms with van der Waals surface area (Å²) in [6, 6.07) is -0.748. The second kappa shape index (κ2) is 4.08. The fourth-order valence-electron chi connectivity index (χ4n) is 0.539. The first kappa shape index (κ1) is 10.1. The summed E-state index contributed by atoms with van der Waals surface area (Å²) in [6.45, 7) is 3.54. The monoisotopic (exact) mass is 159 g/mol. The van der Waals surface area contributed by atoms with Crippen molar-refractivity contribution in [3.8, 4) is 0 Å². The van der Waals surface area contributed by atoms with Gasteiger partial charge in [0, 0.05) is 0 Å². The van der Waals surface area contributed by atoms with Crippen molar-refractivity contribution in [2.24, 2.45) is 11.7 Å². The summed E-state index contributed by atoms with van der Waals surface area (Å²) in [5.41, 5.74) is 5.39. The van der Waals surface area contributed by atoms with E-state index in [4.69, 9.17) is 5.73 Å². The van der Waals surface area contributed by atoms with Gasteiger partial charge in [0.15, 0.2) is 0 Å². The minimum absolute atomic E-state index is 0.0402. The first-order chi connectivity index (χ1) is 5.00. The number of ketones is 1. The number of ether oxygens (including phenoxy) is 1. The number of nitrogens with two attached hydrogens (primary N) is 1. The maximum absolute atomic E-state index is 10.9. The van der Waals surface area contributed by atoms with Crippen LogP contribution in [0.1, 0.15) is 13.8 Å². The predicted molar refractivity (Wildman–Crippen MR) is 39.8 cm³/mol. The summed E-state index contributed by atoms with van der Waals surface area (Å²) in [5.74, 6) is -1.57. The average Bonchev–Trinajstić information content (AvgIpc) is 2.00. The molecule has 0 saturated carbocycles. The molecule has 0 aliphatic rings. The van der Waals surface area contributed by atoms with Crippen molar-refractivity contribution in [3.63, 3.8) is 0 Å². The number of hydrogen-bond acceptors (Lipinski definition) is 4. The molecule has 0 aliphatic heterocycles. The highest BCUT2D eigenvalue weighted by atomic mass is 16.5. The van der Waals surface area contributed by atoms with Crippen LogP contribution in [0.2, 0.25) is 0 Å². The van der Waals surface area contributed by atoms with E-state index in [1.807, 2.05) is 0 Å². The van der Waals surface area contributed by atoms with Gasteiger partial charge < -0.3 is 10.5 Å². The van der Waals surface area contributed by atoms with Gasteiger partial charge in [-0.15, -0.1) is 0 Å². The Morgan fingerprint density at radius 2 is 1.82 bits per heavy atom. The summed E-state index contributed by atoms with van der Waals surface area (Å²) in [7, 11) is 1.16. The van der Waals surface area contributed by atoms with Gasteiger partial charge in [-0.05, 0) is 5.92 Å². The molecule has 0 aromatic rings. The molecule has 0 aromatic carbocycles. The number of rotatable bonds is 3. The van der Waals surface area contributed by atoms with E-state index < -0.39 is 17.8 Å². The Balaban J connectivity index is 4.14. The molecule has 0 rings (SSSR count). The first-order valence-electron chi connectivity index (χ1n) is 3.38. The third kappa shape index (κ3) is 2.67. The van der Waals surface area contributed by atoms with Crippen LogP contribution in [0.25, 0.3) is 0 Å². The second-order valence-corrected chi connectivity index (χ2v) is 2.63. The third-order valence-electron chi connectivity index (χ3n) is 1.41. The molecular formula is C7H13NO3. The van der Waals surface area contributed by atoms with Crippen LogP contribution < -0.4 is 5.73 Å². The quantitative estimate of drug-likeness (QED) is 0.454. The standard InChI is InChI=1S/C7H13NO3/c1-4(2)5(8)6(9)7(10)11-3/h4-5H,8H2,1-3H3/t5-/m0/s1. The number of carbonyl (C=O) groups excluding carboxylic acids is 2. The SMILES string of the molecule is COC(=O)C(=O)[C@@H](N)C(C)C. The fourth-order valence-corrected chi connectivity index (χ4v) is 0.539. The molecule has 0 aromatic heterocycles. The lowest BCUT2D eigenvalue weighted by molar-refractivity contribution is -0.152. The second-order valence-electron chi connectivity index (χ2n) is 2.63. The molecule has 0 spiro atoms. The number of Topliss-reactive ketones (excluding diaryl/α,β-unsaturated/α-hetero) is 1. The van der Waals surface area contributed by atoms with E-state index in [1.54, 1.807) is 13.8 Å². The normalized spacial score (nSPS) is 12.8. The largest absolute Gasteiger partial charge is 0.463 e. The van der Waals surface area contributed by atoms with E-state index in [0.29, 0.717) is 0 Å². The molecular weight excluding hydrogens is 146 g/mol. The smallest absolute Gasteiger partial charge is 0.376 e. The van der Waals surface area contributed by atoms with Gasteiger partial charge in [-0.1, -0.05) is 13.8 Å². The molecule has 0 bridgehead atoms. The highest BCUT2D eigenvalue weighted by Gasteiger charge is 2.24. The van der Waals surface area contributed by atoms with Gasteiger partial charge in [-0.25, -0.2) is 4.79 Å². The zero-order chi connectivity index (χ0) is 9.02. The molecule has 0 radical (unpaired) electrons. The van der Waals surface area contributed by atoms with Gasteiger partial charge in [0.2, 0.25) is 0 Å². The van der Waals surface area contributed by atoms with Crippen LogP contribution in [0.15, 0.2) is 0 Å². The molecule has 11 heavy (non-hydrogen) atoms. The van der Waals surface area contributed by atoms with Crippen LogP contribution >= 0.6 is 0 Å². The van der Waals surface area contributed by atoms with E-state index in [2.05, 4.69) is 4.74 Å². The van der Waals surface area contributed by atoms with Crippen molar-refractivity contribution < 1.29 is 14.3 Å². The molecule has 0 fully saturated rings. The van der Waals surface area contributed by atoms with Gasteiger partial charge in [0.1, 0.15) is 0 Å². The van der Waals surface area contributed by atoms with Crippen molar-refractivity contribution in [1.29, 1.82) is 0 Å². The maximum atomic E-state index is 10.9. The number of carbonyl (C=O) groups is 2. The van der Waals surface area contributed by atoms with Crippen LogP contribution in [0.3, 0.4) is 0 Å². The predicted octanol–water partition coefficient (Wildman–Crippen LogP) is -0.288. The van der Waals surface area contributed by atoms with Gasteiger partial charge in [0.25, 0.3) is 5.78 Å². The van der Waals surface area contributed by atoms with Crippen molar-refractivity contribution in [2.75, 3.05) is 7.11 Å². The first-order valence-corrected chi connectivity index (χ1v) is 3.38. The molecule has 2 N–H and O–H groups in total. The number of methoxy groups -OCH3 is 1. The fraction of sp³-hybridized carbons (Fsp3) is 0.714. The topological polar surface area (TPSA) is 69.4 Å². The van der Waals surface area contributed by atoms with Crippen LogP contribution in [-0.2, 0) is 14.3 Å². The lowest BCUT2D eigenvalue weighted by atomic mass is 10.0. The highest BCUT2D eigenvalue weighted by molar-refractivity contribution is 6.35. The molecule has 1 atom stereocenters. The molecule has 0 heterocycles. The Labute approximate surface area is 65.7 Å². The maximum Gasteiger partial charge on any atom is 0.376 e. The molecule has 0 aliphatic carbocycles. The van der Waals surface area contributed by atoms with E-state index in [0.717, 1.165) is 7.11 Å². The van der Waals surface area contributed by atoms with E-state index in [-0.39, 0.29) is 5.92 Å². The lowest BCUT2D eigenvalue weighted by Gasteiger charge is -2.11. The van der Waals surface area contributed by atoms with Crippen LogP contribution in [-0.4, -0.2) is 24.9 Å². The summed E-state index contributed by atoms with van der Waals surface area (Å²) in [4.78, 5) is 21.5. The molecule has 64 valence electrons. The molecule has 4 nitrogen and oxygen atoms in total. The lowest BCUT2D eigenvalue weighted by Crippen LogP contribution is -2.40. The van der Waals surface area contributed by atoms with E-state index in [9.17, 15) is 9.59 Å². The summed E-state index contributed by atoms with van der Waals surface area (Å²) < 4.78 is 4.21.